The molecule has 5 nitrogen and oxygen atoms in total. The lowest BCUT2D eigenvalue weighted by Gasteiger charge is -2.08. The highest BCUT2D eigenvalue weighted by molar-refractivity contribution is 5.66. The maximum atomic E-state index is 12.5. The number of nitriles is 1. The van der Waals surface area contributed by atoms with E-state index in [1.807, 2.05) is 13.0 Å². The Balaban J connectivity index is 2.45. The van der Waals surface area contributed by atoms with E-state index in [0.717, 1.165) is 12.1 Å². The molecule has 1 heterocycles. The van der Waals surface area contributed by atoms with Gasteiger partial charge in [0.2, 0.25) is 0 Å². The molecule has 0 amide bonds. The van der Waals surface area contributed by atoms with Gasteiger partial charge in [0.25, 0.3) is 0 Å². The SMILES string of the molecule is CCNc1nn(-c2ccc(C(F)(F)F)cc2)c(N)c1C#N. The van der Waals surface area contributed by atoms with Crippen LogP contribution in [0.1, 0.15) is 18.1 Å². The van der Waals surface area contributed by atoms with E-state index < -0.39 is 11.7 Å². The van der Waals surface area contributed by atoms with Gasteiger partial charge in [0.1, 0.15) is 17.5 Å². The van der Waals surface area contributed by atoms with E-state index in [-0.39, 0.29) is 11.4 Å². The molecule has 0 saturated carbocycles. The van der Waals surface area contributed by atoms with Crippen molar-refractivity contribution in [2.45, 2.75) is 13.1 Å². The van der Waals surface area contributed by atoms with Gasteiger partial charge in [0, 0.05) is 6.54 Å². The molecule has 2 aromatic rings. The number of rotatable bonds is 3. The molecule has 110 valence electrons. The first-order chi connectivity index (χ1) is 9.88. The highest BCUT2D eigenvalue weighted by atomic mass is 19.4. The number of aromatic nitrogens is 2. The Morgan fingerprint density at radius 1 is 1.33 bits per heavy atom. The summed E-state index contributed by atoms with van der Waals surface area (Å²) >= 11 is 0. The van der Waals surface area contributed by atoms with Crippen LogP contribution in [0.3, 0.4) is 0 Å². The van der Waals surface area contributed by atoms with Crippen molar-refractivity contribution in [3.63, 3.8) is 0 Å². The topological polar surface area (TPSA) is 79.7 Å². The number of hydrogen-bond donors (Lipinski definition) is 2. The molecule has 0 aliphatic rings. The Morgan fingerprint density at radius 2 is 1.95 bits per heavy atom. The van der Waals surface area contributed by atoms with Crippen molar-refractivity contribution in [1.29, 1.82) is 5.26 Å². The Labute approximate surface area is 118 Å². The number of nitrogens with two attached hydrogens (primary N) is 1. The monoisotopic (exact) mass is 295 g/mol. The van der Waals surface area contributed by atoms with Gasteiger partial charge in [0.05, 0.1) is 11.3 Å². The minimum atomic E-state index is -4.40. The van der Waals surface area contributed by atoms with Crippen molar-refractivity contribution >= 4 is 11.6 Å². The quantitative estimate of drug-likeness (QED) is 0.912. The van der Waals surface area contributed by atoms with Gasteiger partial charge in [-0.3, -0.25) is 0 Å². The maximum absolute atomic E-state index is 12.5. The van der Waals surface area contributed by atoms with Gasteiger partial charge in [-0.1, -0.05) is 0 Å². The van der Waals surface area contributed by atoms with Crippen molar-refractivity contribution in [1.82, 2.24) is 9.78 Å². The lowest BCUT2D eigenvalue weighted by atomic mass is 10.2. The van der Waals surface area contributed by atoms with Crippen LogP contribution in [-0.4, -0.2) is 16.3 Å². The van der Waals surface area contributed by atoms with Gasteiger partial charge in [-0.2, -0.15) is 18.4 Å². The summed E-state index contributed by atoms with van der Waals surface area (Å²) in [5.74, 6) is 0.380. The molecule has 0 bridgehead atoms. The first kappa shape index (κ1) is 14.7. The summed E-state index contributed by atoms with van der Waals surface area (Å²) < 4.78 is 38.8. The van der Waals surface area contributed by atoms with Crippen molar-refractivity contribution in [2.75, 3.05) is 17.6 Å². The third-order valence-corrected chi connectivity index (χ3v) is 2.82. The second-order valence-corrected chi connectivity index (χ2v) is 4.21. The Hall–Kier alpha value is -2.69. The average molecular weight is 295 g/mol. The Kier molecular flexibility index (Phi) is 3.76. The number of nitrogen functional groups attached to an aromatic ring is 1. The molecule has 21 heavy (non-hydrogen) atoms. The summed E-state index contributed by atoms with van der Waals surface area (Å²) in [7, 11) is 0. The first-order valence-electron chi connectivity index (χ1n) is 6.08. The predicted molar refractivity (Wildman–Crippen MR) is 71.9 cm³/mol. The van der Waals surface area contributed by atoms with Crippen molar-refractivity contribution in [2.24, 2.45) is 0 Å². The fraction of sp³-hybridized carbons (Fsp3) is 0.231. The number of alkyl halides is 3. The maximum Gasteiger partial charge on any atom is 0.416 e. The number of anilines is 2. The van der Waals surface area contributed by atoms with Gasteiger partial charge in [0.15, 0.2) is 5.82 Å². The minimum absolute atomic E-state index is 0.0770. The Bertz CT molecular complexity index is 680. The molecule has 1 aromatic carbocycles. The fourth-order valence-corrected chi connectivity index (χ4v) is 1.82. The molecule has 0 aliphatic carbocycles. The molecule has 1 aromatic heterocycles. The van der Waals surface area contributed by atoms with Crippen molar-refractivity contribution < 1.29 is 13.2 Å². The highest BCUT2D eigenvalue weighted by Gasteiger charge is 2.30. The highest BCUT2D eigenvalue weighted by Crippen LogP contribution is 2.30. The van der Waals surface area contributed by atoms with E-state index >= 15 is 0 Å². The van der Waals surface area contributed by atoms with Gasteiger partial charge < -0.3 is 11.1 Å². The standard InChI is InChI=1S/C13H12F3N5/c1-2-19-12-10(7-17)11(18)21(20-12)9-5-3-8(4-6-9)13(14,15)16/h3-6H,2,18H2,1H3,(H,19,20). The zero-order chi connectivity index (χ0) is 15.6. The van der Waals surface area contributed by atoms with E-state index in [9.17, 15) is 13.2 Å². The fourth-order valence-electron chi connectivity index (χ4n) is 1.82. The van der Waals surface area contributed by atoms with Crippen LogP contribution in [0.4, 0.5) is 24.8 Å². The van der Waals surface area contributed by atoms with Crippen LogP contribution in [0.25, 0.3) is 5.69 Å². The number of hydrogen-bond acceptors (Lipinski definition) is 4. The van der Waals surface area contributed by atoms with Gasteiger partial charge in [-0.15, -0.1) is 5.10 Å². The van der Waals surface area contributed by atoms with Crippen molar-refractivity contribution in [3.8, 4) is 11.8 Å². The predicted octanol–water partition coefficient (Wildman–Crippen LogP) is 2.78. The van der Waals surface area contributed by atoms with Crippen LogP contribution in [0.5, 0.6) is 0 Å². The molecule has 8 heteroatoms. The number of halogens is 3. The molecular formula is C13H12F3N5. The smallest absolute Gasteiger partial charge is 0.382 e. The molecule has 0 radical (unpaired) electrons. The second-order valence-electron chi connectivity index (χ2n) is 4.21. The van der Waals surface area contributed by atoms with Gasteiger partial charge in [-0.05, 0) is 31.2 Å². The van der Waals surface area contributed by atoms with Crippen LogP contribution < -0.4 is 11.1 Å². The summed E-state index contributed by atoms with van der Waals surface area (Å²) in [6, 6.07) is 6.31. The van der Waals surface area contributed by atoms with Gasteiger partial charge in [-0.25, -0.2) is 4.68 Å². The van der Waals surface area contributed by atoms with Gasteiger partial charge >= 0.3 is 6.18 Å². The molecule has 0 saturated heterocycles. The third-order valence-electron chi connectivity index (χ3n) is 2.82. The lowest BCUT2D eigenvalue weighted by molar-refractivity contribution is -0.137. The van der Waals surface area contributed by atoms with Crippen LogP contribution in [0, 0.1) is 11.3 Å². The zero-order valence-corrected chi connectivity index (χ0v) is 11.1. The van der Waals surface area contributed by atoms with Crippen LogP contribution >= 0.6 is 0 Å². The van der Waals surface area contributed by atoms with E-state index in [2.05, 4.69) is 10.4 Å². The summed E-state index contributed by atoms with van der Waals surface area (Å²) in [5, 5.41) is 16.1. The molecule has 0 aliphatic heterocycles. The molecule has 3 N–H and O–H groups in total. The summed E-state index contributed by atoms with van der Waals surface area (Å²) in [6.45, 7) is 2.37. The Morgan fingerprint density at radius 3 is 2.43 bits per heavy atom. The molecular weight excluding hydrogens is 283 g/mol. The summed E-state index contributed by atoms with van der Waals surface area (Å²) in [4.78, 5) is 0. The van der Waals surface area contributed by atoms with E-state index in [4.69, 9.17) is 11.0 Å². The van der Waals surface area contributed by atoms with Crippen molar-refractivity contribution in [3.05, 3.63) is 35.4 Å². The molecule has 0 fully saturated rings. The summed E-state index contributed by atoms with van der Waals surface area (Å²) in [5.41, 5.74) is 5.57. The second kappa shape index (κ2) is 5.36. The molecule has 0 unspecified atom stereocenters. The normalized spacial score (nSPS) is 11.2. The number of nitrogens with zero attached hydrogens (tertiary/aromatic N) is 3. The molecule has 0 atom stereocenters. The number of nitrogens with one attached hydrogen (secondary N) is 1. The minimum Gasteiger partial charge on any atom is -0.382 e. The van der Waals surface area contributed by atoms with E-state index in [1.165, 1.54) is 16.8 Å². The molecule has 2 rings (SSSR count). The third kappa shape index (κ3) is 2.76. The van der Waals surface area contributed by atoms with Crippen LogP contribution in [-0.2, 0) is 6.18 Å². The lowest BCUT2D eigenvalue weighted by Crippen LogP contribution is -2.06. The zero-order valence-electron chi connectivity index (χ0n) is 11.1. The first-order valence-corrected chi connectivity index (χ1v) is 6.08. The van der Waals surface area contributed by atoms with Crippen LogP contribution in [0.2, 0.25) is 0 Å². The largest absolute Gasteiger partial charge is 0.416 e. The van der Waals surface area contributed by atoms with Crippen LogP contribution in [0.15, 0.2) is 24.3 Å². The number of benzene rings is 1. The van der Waals surface area contributed by atoms with E-state index in [0.29, 0.717) is 18.1 Å². The summed E-state index contributed by atoms with van der Waals surface area (Å²) in [6.07, 6.45) is -4.40. The van der Waals surface area contributed by atoms with E-state index in [1.54, 1.807) is 0 Å². The molecule has 0 spiro atoms. The average Bonchev–Trinajstić information content (AvgIpc) is 2.74.